The fourth-order valence-corrected chi connectivity index (χ4v) is 2.92. The number of nitrogens with two attached hydrogens (primary N) is 1. The second kappa shape index (κ2) is 7.17. The summed E-state index contributed by atoms with van der Waals surface area (Å²) in [5.74, 6) is -0.0876. The summed E-state index contributed by atoms with van der Waals surface area (Å²) >= 11 is 5.76. The van der Waals surface area contributed by atoms with Crippen LogP contribution in [0.5, 0.6) is 0 Å². The summed E-state index contributed by atoms with van der Waals surface area (Å²) in [6.07, 6.45) is 1.68. The molecule has 26 heavy (non-hydrogen) atoms. The SMILES string of the molecule is CC(c1cnc(N)c2ccccc12)N(C)C(=O)Nc1ccc(F)c(Cl)c1. The van der Waals surface area contributed by atoms with Gasteiger partial charge in [0, 0.05) is 29.9 Å². The number of benzene rings is 2. The Bertz CT molecular complexity index is 979. The minimum absolute atomic E-state index is 0.0489. The number of aromatic nitrogens is 1. The highest BCUT2D eigenvalue weighted by atomic mass is 35.5. The third kappa shape index (κ3) is 3.41. The van der Waals surface area contributed by atoms with E-state index in [-0.39, 0.29) is 17.1 Å². The maximum Gasteiger partial charge on any atom is 0.322 e. The maximum atomic E-state index is 13.3. The predicted molar refractivity (Wildman–Crippen MR) is 103 cm³/mol. The van der Waals surface area contributed by atoms with E-state index in [2.05, 4.69) is 10.3 Å². The minimum atomic E-state index is -0.536. The number of carbonyl (C=O) groups excluding carboxylic acids is 1. The van der Waals surface area contributed by atoms with Crippen molar-refractivity contribution in [3.63, 3.8) is 0 Å². The quantitative estimate of drug-likeness (QED) is 0.691. The van der Waals surface area contributed by atoms with Gasteiger partial charge in [-0.05, 0) is 30.5 Å². The standard InChI is InChI=1S/C19H18ClFN4O/c1-11(15-10-23-18(22)14-6-4-3-5-13(14)15)25(2)19(26)24-12-7-8-17(21)16(20)9-12/h3-11H,1-2H3,(H2,22,23)(H,24,26). The molecule has 0 fully saturated rings. The van der Waals surface area contributed by atoms with Gasteiger partial charge in [0.15, 0.2) is 0 Å². The molecule has 5 nitrogen and oxygen atoms in total. The van der Waals surface area contributed by atoms with Crippen molar-refractivity contribution in [2.45, 2.75) is 13.0 Å². The van der Waals surface area contributed by atoms with Crippen molar-refractivity contribution in [2.24, 2.45) is 0 Å². The number of hydrogen-bond acceptors (Lipinski definition) is 3. The first-order valence-electron chi connectivity index (χ1n) is 8.00. The second-order valence-corrected chi connectivity index (χ2v) is 6.40. The summed E-state index contributed by atoms with van der Waals surface area (Å²) in [5.41, 5.74) is 7.24. The summed E-state index contributed by atoms with van der Waals surface area (Å²) in [6.45, 7) is 1.90. The molecule has 1 aromatic heterocycles. The van der Waals surface area contributed by atoms with Gasteiger partial charge in [-0.3, -0.25) is 0 Å². The molecule has 0 radical (unpaired) electrons. The van der Waals surface area contributed by atoms with E-state index in [4.69, 9.17) is 17.3 Å². The lowest BCUT2D eigenvalue weighted by Gasteiger charge is -2.26. The zero-order chi connectivity index (χ0) is 18.8. The van der Waals surface area contributed by atoms with Crippen LogP contribution < -0.4 is 11.1 Å². The lowest BCUT2D eigenvalue weighted by Crippen LogP contribution is -2.33. The molecule has 1 atom stereocenters. The van der Waals surface area contributed by atoms with Gasteiger partial charge in [0.25, 0.3) is 0 Å². The molecule has 0 aliphatic rings. The van der Waals surface area contributed by atoms with Gasteiger partial charge < -0.3 is 16.0 Å². The molecule has 0 aliphatic carbocycles. The van der Waals surface area contributed by atoms with E-state index < -0.39 is 5.82 Å². The molecule has 0 saturated heterocycles. The highest BCUT2D eigenvalue weighted by Crippen LogP contribution is 2.29. The first-order chi connectivity index (χ1) is 12.4. The van der Waals surface area contributed by atoms with Crippen molar-refractivity contribution >= 4 is 39.9 Å². The van der Waals surface area contributed by atoms with Crippen molar-refractivity contribution < 1.29 is 9.18 Å². The smallest absolute Gasteiger partial charge is 0.322 e. The molecule has 0 bridgehead atoms. The van der Waals surface area contributed by atoms with Crippen LogP contribution in [-0.4, -0.2) is 23.0 Å². The normalized spacial score (nSPS) is 12.0. The number of anilines is 2. The molecule has 0 aliphatic heterocycles. The Balaban J connectivity index is 1.85. The van der Waals surface area contributed by atoms with Crippen LogP contribution >= 0.6 is 11.6 Å². The monoisotopic (exact) mass is 372 g/mol. The Labute approximate surface area is 155 Å². The molecule has 0 spiro atoms. The van der Waals surface area contributed by atoms with Crippen LogP contribution in [0.4, 0.5) is 20.7 Å². The first-order valence-corrected chi connectivity index (χ1v) is 8.38. The lowest BCUT2D eigenvalue weighted by molar-refractivity contribution is 0.208. The largest absolute Gasteiger partial charge is 0.383 e. The third-order valence-electron chi connectivity index (χ3n) is 4.38. The second-order valence-electron chi connectivity index (χ2n) is 5.99. The van der Waals surface area contributed by atoms with Gasteiger partial charge in [0.05, 0.1) is 11.1 Å². The van der Waals surface area contributed by atoms with Crippen molar-refractivity contribution in [2.75, 3.05) is 18.1 Å². The number of nitrogens with one attached hydrogen (secondary N) is 1. The van der Waals surface area contributed by atoms with Gasteiger partial charge in [-0.25, -0.2) is 14.2 Å². The van der Waals surface area contributed by atoms with Crippen LogP contribution in [-0.2, 0) is 0 Å². The van der Waals surface area contributed by atoms with Gasteiger partial charge in [-0.2, -0.15) is 0 Å². The number of hydrogen-bond donors (Lipinski definition) is 2. The summed E-state index contributed by atoms with van der Waals surface area (Å²) < 4.78 is 13.3. The Morgan fingerprint density at radius 1 is 1.27 bits per heavy atom. The predicted octanol–water partition coefficient (Wildman–Crippen LogP) is 4.83. The summed E-state index contributed by atoms with van der Waals surface area (Å²) in [6, 6.07) is 11.1. The number of fused-ring (bicyclic) bond motifs is 1. The van der Waals surface area contributed by atoms with E-state index >= 15 is 0 Å². The number of nitrogens with zero attached hydrogens (tertiary/aromatic N) is 2. The maximum absolute atomic E-state index is 13.3. The molecule has 2 amide bonds. The lowest BCUT2D eigenvalue weighted by atomic mass is 10.0. The van der Waals surface area contributed by atoms with Crippen LogP contribution in [0.15, 0.2) is 48.7 Å². The zero-order valence-electron chi connectivity index (χ0n) is 14.3. The van der Waals surface area contributed by atoms with Crippen LogP contribution in [0.3, 0.4) is 0 Å². The Morgan fingerprint density at radius 2 is 1.96 bits per heavy atom. The molecule has 2 aromatic carbocycles. The van der Waals surface area contributed by atoms with E-state index in [9.17, 15) is 9.18 Å². The third-order valence-corrected chi connectivity index (χ3v) is 4.67. The molecule has 1 unspecified atom stereocenters. The molecule has 0 saturated carbocycles. The number of carbonyl (C=O) groups is 1. The van der Waals surface area contributed by atoms with Crippen LogP contribution in [0, 0.1) is 5.82 Å². The Hall–Kier alpha value is -2.86. The summed E-state index contributed by atoms with van der Waals surface area (Å²) in [7, 11) is 1.68. The van der Waals surface area contributed by atoms with Crippen molar-refractivity contribution in [3.8, 4) is 0 Å². The topological polar surface area (TPSA) is 71.2 Å². The number of halogens is 2. The summed E-state index contributed by atoms with van der Waals surface area (Å²) in [5, 5.41) is 4.45. The van der Waals surface area contributed by atoms with E-state index in [0.29, 0.717) is 11.5 Å². The number of nitrogen functional groups attached to an aromatic ring is 1. The molecule has 3 aromatic rings. The molecular weight excluding hydrogens is 355 g/mol. The van der Waals surface area contributed by atoms with Crippen molar-refractivity contribution in [3.05, 3.63) is 65.1 Å². The Morgan fingerprint density at radius 3 is 2.65 bits per heavy atom. The van der Waals surface area contributed by atoms with Crippen LogP contribution in [0.1, 0.15) is 18.5 Å². The van der Waals surface area contributed by atoms with Gasteiger partial charge in [-0.15, -0.1) is 0 Å². The molecular formula is C19H18ClFN4O. The highest BCUT2D eigenvalue weighted by molar-refractivity contribution is 6.31. The summed E-state index contributed by atoms with van der Waals surface area (Å²) in [4.78, 5) is 18.3. The fraction of sp³-hybridized carbons (Fsp3) is 0.158. The van der Waals surface area contributed by atoms with Crippen LogP contribution in [0.2, 0.25) is 5.02 Å². The minimum Gasteiger partial charge on any atom is -0.383 e. The number of pyridine rings is 1. The number of amides is 2. The molecule has 3 N–H and O–H groups in total. The van der Waals surface area contributed by atoms with Gasteiger partial charge in [0.1, 0.15) is 11.6 Å². The Kier molecular flexibility index (Phi) is 4.95. The van der Waals surface area contributed by atoms with Crippen molar-refractivity contribution in [1.82, 2.24) is 9.88 Å². The van der Waals surface area contributed by atoms with Crippen molar-refractivity contribution in [1.29, 1.82) is 0 Å². The molecule has 3 rings (SSSR count). The van der Waals surface area contributed by atoms with Gasteiger partial charge in [0.2, 0.25) is 0 Å². The average Bonchev–Trinajstić information content (AvgIpc) is 2.64. The zero-order valence-corrected chi connectivity index (χ0v) is 15.1. The molecule has 1 heterocycles. The van der Waals surface area contributed by atoms with Crippen LogP contribution in [0.25, 0.3) is 10.8 Å². The molecule has 7 heteroatoms. The average molecular weight is 373 g/mol. The van der Waals surface area contributed by atoms with Gasteiger partial charge in [-0.1, -0.05) is 35.9 Å². The van der Waals surface area contributed by atoms with E-state index in [1.807, 2.05) is 31.2 Å². The highest BCUT2D eigenvalue weighted by Gasteiger charge is 2.20. The number of rotatable bonds is 3. The number of urea groups is 1. The van der Waals surface area contributed by atoms with E-state index in [1.165, 1.54) is 23.1 Å². The first kappa shape index (κ1) is 17.9. The van der Waals surface area contributed by atoms with E-state index in [0.717, 1.165) is 16.3 Å². The molecule has 134 valence electrons. The van der Waals surface area contributed by atoms with Gasteiger partial charge >= 0.3 is 6.03 Å². The fourth-order valence-electron chi connectivity index (χ4n) is 2.74. The van der Waals surface area contributed by atoms with E-state index in [1.54, 1.807) is 13.2 Å².